The number of carbonyl (C=O) groups excluding carboxylic acids is 1. The molecule has 3 aromatic rings. The molecular weight excluding hydrogens is 494 g/mol. The number of thiazole rings is 1. The molecule has 3 rings (SSSR count). The molecule has 2 aromatic carbocycles. The van der Waals surface area contributed by atoms with E-state index in [9.17, 15) is 13.2 Å². The summed E-state index contributed by atoms with van der Waals surface area (Å²) in [6.07, 6.45) is 6.24. The van der Waals surface area contributed by atoms with E-state index < -0.39 is 10.0 Å². The summed E-state index contributed by atoms with van der Waals surface area (Å²) in [5.41, 5.74) is 2.76. The zero-order valence-electron chi connectivity index (χ0n) is 20.9. The Bertz CT molecular complexity index is 1240. The van der Waals surface area contributed by atoms with Crippen molar-refractivity contribution in [3.63, 3.8) is 0 Å². The number of amides is 1. The van der Waals surface area contributed by atoms with Crippen molar-refractivity contribution in [2.24, 2.45) is 0 Å². The molecule has 1 heterocycles. The largest absolute Gasteiger partial charge is 0.497 e. The van der Waals surface area contributed by atoms with Crippen LogP contribution < -0.4 is 10.1 Å². The van der Waals surface area contributed by atoms with E-state index in [-0.39, 0.29) is 5.91 Å². The SMILES string of the molecule is CCCN(CCC)S(=O)(=O)c1ccc(CCC=CC(=O)Nc2nc(-c3ccc(OC)cc3)cs2)cc1. The molecule has 1 aromatic heterocycles. The Morgan fingerprint density at radius 1 is 1.06 bits per heavy atom. The summed E-state index contributed by atoms with van der Waals surface area (Å²) in [5, 5.41) is 5.23. The number of carbonyl (C=O) groups is 1. The van der Waals surface area contributed by atoms with Crippen LogP contribution >= 0.6 is 11.3 Å². The molecule has 0 spiro atoms. The Balaban J connectivity index is 1.50. The van der Waals surface area contributed by atoms with E-state index in [0.717, 1.165) is 35.4 Å². The van der Waals surface area contributed by atoms with Gasteiger partial charge in [-0.1, -0.05) is 32.1 Å². The third-order valence-corrected chi connectivity index (χ3v) is 8.17. The Morgan fingerprint density at radius 3 is 2.33 bits per heavy atom. The zero-order chi connectivity index (χ0) is 26.0. The Kier molecular flexibility index (Phi) is 10.2. The van der Waals surface area contributed by atoms with Crippen LogP contribution in [0.3, 0.4) is 0 Å². The lowest BCUT2D eigenvalue weighted by Gasteiger charge is -2.21. The highest BCUT2D eigenvalue weighted by Crippen LogP contribution is 2.26. The predicted octanol–water partition coefficient (Wildman–Crippen LogP) is 5.76. The number of nitrogens with one attached hydrogen (secondary N) is 1. The molecular formula is C27H33N3O4S2. The van der Waals surface area contributed by atoms with Crippen molar-refractivity contribution in [1.82, 2.24) is 9.29 Å². The van der Waals surface area contributed by atoms with Gasteiger partial charge < -0.3 is 4.74 Å². The van der Waals surface area contributed by atoms with E-state index in [1.807, 2.05) is 61.7 Å². The number of aryl methyl sites for hydroxylation is 1. The second-order valence-corrected chi connectivity index (χ2v) is 11.0. The fourth-order valence-electron chi connectivity index (χ4n) is 3.64. The summed E-state index contributed by atoms with van der Waals surface area (Å²) in [6, 6.07) is 14.6. The van der Waals surface area contributed by atoms with E-state index in [0.29, 0.717) is 36.0 Å². The minimum atomic E-state index is -3.47. The molecule has 0 aliphatic heterocycles. The first-order valence-electron chi connectivity index (χ1n) is 12.0. The highest BCUT2D eigenvalue weighted by Gasteiger charge is 2.22. The predicted molar refractivity (Wildman–Crippen MR) is 146 cm³/mol. The van der Waals surface area contributed by atoms with Gasteiger partial charge in [0, 0.05) is 24.0 Å². The first kappa shape index (κ1) is 27.6. The third kappa shape index (κ3) is 7.49. The van der Waals surface area contributed by atoms with E-state index in [2.05, 4.69) is 10.3 Å². The first-order valence-corrected chi connectivity index (χ1v) is 14.4. The average Bonchev–Trinajstić information content (AvgIpc) is 3.35. The molecule has 0 saturated carbocycles. The number of anilines is 1. The molecule has 0 atom stereocenters. The molecule has 0 aliphatic carbocycles. The number of methoxy groups -OCH3 is 1. The van der Waals surface area contributed by atoms with Gasteiger partial charge in [0.1, 0.15) is 5.75 Å². The number of benzene rings is 2. The highest BCUT2D eigenvalue weighted by molar-refractivity contribution is 7.89. The van der Waals surface area contributed by atoms with Gasteiger partial charge in [-0.2, -0.15) is 4.31 Å². The van der Waals surface area contributed by atoms with Gasteiger partial charge in [0.25, 0.3) is 0 Å². The van der Waals surface area contributed by atoms with E-state index in [4.69, 9.17) is 4.74 Å². The lowest BCUT2D eigenvalue weighted by molar-refractivity contribution is -0.111. The molecule has 0 fully saturated rings. The second-order valence-electron chi connectivity index (χ2n) is 8.24. The fraction of sp³-hybridized carbons (Fsp3) is 0.333. The normalized spacial score (nSPS) is 11.8. The van der Waals surface area contributed by atoms with Crippen LogP contribution in [0.5, 0.6) is 5.75 Å². The maximum atomic E-state index is 12.9. The van der Waals surface area contributed by atoms with Crippen LogP contribution in [-0.2, 0) is 21.2 Å². The molecule has 36 heavy (non-hydrogen) atoms. The number of allylic oxidation sites excluding steroid dienone is 1. The summed E-state index contributed by atoms with van der Waals surface area (Å²) in [6.45, 7) is 5.00. The number of nitrogens with zero attached hydrogens (tertiary/aromatic N) is 2. The Hall–Kier alpha value is -3.01. The smallest absolute Gasteiger partial charge is 0.249 e. The number of sulfonamides is 1. The quantitative estimate of drug-likeness (QED) is 0.286. The average molecular weight is 528 g/mol. The standard InChI is InChI=1S/C27H33N3O4S2/c1-4-18-30(19-5-2)36(32,33)24-16-10-21(11-17-24)8-6-7-9-26(31)29-27-28-25(20-35-27)22-12-14-23(34-3)15-13-22/h7,9-17,20H,4-6,8,18-19H2,1-3H3,(H,28,29,31). The molecule has 192 valence electrons. The van der Waals surface area contributed by atoms with Crippen molar-refractivity contribution in [3.8, 4) is 17.0 Å². The number of ether oxygens (including phenoxy) is 1. The molecule has 0 aliphatic rings. The van der Waals surface area contributed by atoms with Crippen LogP contribution in [0.15, 0.2) is 71.0 Å². The van der Waals surface area contributed by atoms with Crippen molar-refractivity contribution < 1.29 is 17.9 Å². The molecule has 0 bridgehead atoms. The highest BCUT2D eigenvalue weighted by atomic mass is 32.2. The minimum Gasteiger partial charge on any atom is -0.497 e. The third-order valence-electron chi connectivity index (χ3n) is 5.50. The summed E-state index contributed by atoms with van der Waals surface area (Å²) in [5.74, 6) is 0.540. The van der Waals surface area contributed by atoms with Crippen LogP contribution in [0.1, 0.15) is 38.7 Å². The fourth-order valence-corrected chi connectivity index (χ4v) is 5.99. The number of hydrogen-bond donors (Lipinski definition) is 1. The van der Waals surface area contributed by atoms with Crippen LogP contribution in [0.4, 0.5) is 5.13 Å². The van der Waals surface area contributed by atoms with Crippen LogP contribution in [-0.4, -0.2) is 43.8 Å². The van der Waals surface area contributed by atoms with Gasteiger partial charge in [-0.25, -0.2) is 13.4 Å². The van der Waals surface area contributed by atoms with E-state index >= 15 is 0 Å². The molecule has 1 amide bonds. The molecule has 0 radical (unpaired) electrons. The summed E-state index contributed by atoms with van der Waals surface area (Å²) >= 11 is 1.37. The van der Waals surface area contributed by atoms with Crippen molar-refractivity contribution in [3.05, 3.63) is 71.6 Å². The second kappa shape index (κ2) is 13.3. The topological polar surface area (TPSA) is 88.6 Å². The van der Waals surface area contributed by atoms with Gasteiger partial charge in [-0.15, -0.1) is 11.3 Å². The minimum absolute atomic E-state index is 0.237. The Morgan fingerprint density at radius 2 is 1.72 bits per heavy atom. The number of hydrogen-bond acceptors (Lipinski definition) is 6. The summed E-state index contributed by atoms with van der Waals surface area (Å²) < 4.78 is 32.5. The van der Waals surface area contributed by atoms with Crippen LogP contribution in [0, 0.1) is 0 Å². The molecule has 1 N–H and O–H groups in total. The summed E-state index contributed by atoms with van der Waals surface area (Å²) in [7, 11) is -1.85. The lowest BCUT2D eigenvalue weighted by atomic mass is 10.1. The van der Waals surface area contributed by atoms with Crippen molar-refractivity contribution >= 4 is 32.4 Å². The monoisotopic (exact) mass is 527 g/mol. The van der Waals surface area contributed by atoms with E-state index in [1.54, 1.807) is 23.5 Å². The maximum Gasteiger partial charge on any atom is 0.249 e. The van der Waals surface area contributed by atoms with Crippen molar-refractivity contribution in [2.75, 3.05) is 25.5 Å². The molecule has 0 saturated heterocycles. The van der Waals surface area contributed by atoms with Gasteiger partial charge in [-0.3, -0.25) is 10.1 Å². The number of aromatic nitrogens is 1. The van der Waals surface area contributed by atoms with Gasteiger partial charge in [-0.05, 0) is 73.7 Å². The maximum absolute atomic E-state index is 12.9. The van der Waals surface area contributed by atoms with Gasteiger partial charge in [0.2, 0.25) is 15.9 Å². The molecule has 9 heteroatoms. The Labute approximate surface area is 217 Å². The first-order chi connectivity index (χ1) is 17.4. The van der Waals surface area contributed by atoms with Gasteiger partial charge in [0.15, 0.2) is 5.13 Å². The van der Waals surface area contributed by atoms with E-state index in [1.165, 1.54) is 17.4 Å². The van der Waals surface area contributed by atoms with Gasteiger partial charge in [0.05, 0.1) is 17.7 Å². The van der Waals surface area contributed by atoms with Crippen molar-refractivity contribution in [1.29, 1.82) is 0 Å². The molecule has 7 nitrogen and oxygen atoms in total. The molecule has 0 unspecified atom stereocenters. The van der Waals surface area contributed by atoms with Crippen LogP contribution in [0.2, 0.25) is 0 Å². The number of rotatable bonds is 13. The van der Waals surface area contributed by atoms with Crippen molar-refractivity contribution in [2.45, 2.75) is 44.4 Å². The summed E-state index contributed by atoms with van der Waals surface area (Å²) in [4.78, 5) is 17.1. The van der Waals surface area contributed by atoms with Crippen LogP contribution in [0.25, 0.3) is 11.3 Å². The van der Waals surface area contributed by atoms with Gasteiger partial charge >= 0.3 is 0 Å². The zero-order valence-corrected chi connectivity index (χ0v) is 22.6. The lowest BCUT2D eigenvalue weighted by Crippen LogP contribution is -2.32.